The third-order valence-corrected chi connectivity index (χ3v) is 3.10. The van der Waals surface area contributed by atoms with Gasteiger partial charge in [0.25, 0.3) is 0 Å². The molecule has 4 N–H and O–H groups in total. The highest BCUT2D eigenvalue weighted by molar-refractivity contribution is 6.58. The van der Waals surface area contributed by atoms with Crippen molar-refractivity contribution in [2.45, 2.75) is 0 Å². The Morgan fingerprint density at radius 3 is 2.48 bits per heavy atom. The molecule has 0 atom stereocenters. The van der Waals surface area contributed by atoms with Gasteiger partial charge in [0.2, 0.25) is 0 Å². The van der Waals surface area contributed by atoms with E-state index in [0.717, 1.165) is 0 Å². The highest BCUT2D eigenvalue weighted by atomic mass is 16.5. The Hall–Kier alpha value is -2.71. The monoisotopic (exact) mass is 316 g/mol. The Labute approximate surface area is 134 Å². The maximum Gasteiger partial charge on any atom is 0.488 e. The molecular formula is C15H17BN2O5. The number of nitrogens with one attached hydrogen (secondary N) is 2. The van der Waals surface area contributed by atoms with E-state index in [-0.39, 0.29) is 5.46 Å². The van der Waals surface area contributed by atoms with Crippen LogP contribution in [0.15, 0.2) is 42.5 Å². The number of amides is 2. The van der Waals surface area contributed by atoms with Gasteiger partial charge in [0, 0.05) is 11.8 Å². The summed E-state index contributed by atoms with van der Waals surface area (Å²) in [7, 11) is 1.42. The molecule has 0 unspecified atom stereocenters. The molecule has 2 amide bonds. The Kier molecular flexibility index (Phi) is 5.45. The third-order valence-electron chi connectivity index (χ3n) is 3.10. The van der Waals surface area contributed by atoms with Crippen molar-refractivity contribution in [1.82, 2.24) is 0 Å². The SMILES string of the molecule is COc1ccc(OC)c(NC(=O)Nc2cccc(B(O)O)c2)c1. The topological polar surface area (TPSA) is 100 Å². The van der Waals surface area contributed by atoms with Crippen LogP contribution in [0.25, 0.3) is 0 Å². The zero-order valence-electron chi connectivity index (χ0n) is 12.7. The van der Waals surface area contributed by atoms with Crippen molar-refractivity contribution < 1.29 is 24.3 Å². The van der Waals surface area contributed by atoms with Crippen LogP contribution in [0.4, 0.5) is 16.2 Å². The molecule has 0 saturated heterocycles. The number of benzene rings is 2. The average molecular weight is 316 g/mol. The van der Waals surface area contributed by atoms with Crippen LogP contribution in [0, 0.1) is 0 Å². The molecule has 0 aliphatic carbocycles. The number of ether oxygens (including phenoxy) is 2. The van der Waals surface area contributed by atoms with Crippen molar-refractivity contribution in [2.24, 2.45) is 0 Å². The van der Waals surface area contributed by atoms with Crippen LogP contribution >= 0.6 is 0 Å². The molecule has 23 heavy (non-hydrogen) atoms. The minimum absolute atomic E-state index is 0.279. The molecule has 0 aliphatic rings. The van der Waals surface area contributed by atoms with Crippen LogP contribution in [-0.2, 0) is 0 Å². The number of hydrogen-bond donors (Lipinski definition) is 4. The number of hydrogen-bond acceptors (Lipinski definition) is 5. The first kappa shape index (κ1) is 16.7. The number of rotatable bonds is 5. The molecule has 2 rings (SSSR count). The molecular weight excluding hydrogens is 299 g/mol. The van der Waals surface area contributed by atoms with E-state index < -0.39 is 13.1 Å². The van der Waals surface area contributed by atoms with Crippen LogP contribution in [0.5, 0.6) is 11.5 Å². The fraction of sp³-hybridized carbons (Fsp3) is 0.133. The molecule has 0 saturated carbocycles. The summed E-state index contributed by atoms with van der Waals surface area (Å²) in [6, 6.07) is 10.8. The van der Waals surface area contributed by atoms with Crippen LogP contribution in [-0.4, -0.2) is 37.4 Å². The molecule has 0 radical (unpaired) electrons. The van der Waals surface area contributed by atoms with Gasteiger partial charge >= 0.3 is 13.1 Å². The molecule has 2 aromatic carbocycles. The van der Waals surface area contributed by atoms with Crippen LogP contribution in [0.3, 0.4) is 0 Å². The molecule has 0 aliphatic heterocycles. The molecule has 0 fully saturated rings. The smallest absolute Gasteiger partial charge is 0.488 e. The highest BCUT2D eigenvalue weighted by Crippen LogP contribution is 2.28. The minimum atomic E-state index is -1.60. The van der Waals surface area contributed by atoms with Gasteiger partial charge in [-0.1, -0.05) is 12.1 Å². The largest absolute Gasteiger partial charge is 0.497 e. The van der Waals surface area contributed by atoms with Crippen LogP contribution in [0.2, 0.25) is 0 Å². The van der Waals surface area contributed by atoms with Crippen LogP contribution < -0.4 is 25.6 Å². The zero-order chi connectivity index (χ0) is 16.8. The summed E-state index contributed by atoms with van der Waals surface area (Å²) in [6.07, 6.45) is 0. The summed E-state index contributed by atoms with van der Waals surface area (Å²) >= 11 is 0. The summed E-state index contributed by atoms with van der Waals surface area (Å²) in [5.74, 6) is 1.06. The summed E-state index contributed by atoms with van der Waals surface area (Å²) in [5.41, 5.74) is 1.15. The quantitative estimate of drug-likeness (QED) is 0.617. The first-order chi connectivity index (χ1) is 11.0. The van der Waals surface area contributed by atoms with Gasteiger partial charge in [-0.2, -0.15) is 0 Å². The van der Waals surface area contributed by atoms with Crippen LogP contribution in [0.1, 0.15) is 0 Å². The number of carbonyl (C=O) groups is 1. The van der Waals surface area contributed by atoms with Gasteiger partial charge in [0.1, 0.15) is 11.5 Å². The minimum Gasteiger partial charge on any atom is -0.497 e. The van der Waals surface area contributed by atoms with E-state index >= 15 is 0 Å². The molecule has 0 bridgehead atoms. The Balaban J connectivity index is 2.12. The van der Waals surface area contributed by atoms with Gasteiger partial charge in [-0.15, -0.1) is 0 Å². The van der Waals surface area contributed by atoms with E-state index in [1.54, 1.807) is 36.4 Å². The Morgan fingerprint density at radius 2 is 1.83 bits per heavy atom. The average Bonchev–Trinajstić information content (AvgIpc) is 2.54. The number of carbonyl (C=O) groups excluding carboxylic acids is 1. The second-order valence-corrected chi connectivity index (χ2v) is 4.64. The van der Waals surface area contributed by atoms with E-state index in [1.165, 1.54) is 20.3 Å². The van der Waals surface area contributed by atoms with Gasteiger partial charge in [-0.25, -0.2) is 4.79 Å². The maximum atomic E-state index is 12.1. The molecule has 0 heterocycles. The molecule has 8 heteroatoms. The van der Waals surface area contributed by atoms with E-state index in [9.17, 15) is 4.79 Å². The summed E-state index contributed by atoms with van der Waals surface area (Å²) in [4.78, 5) is 12.1. The third kappa shape index (κ3) is 4.38. The lowest BCUT2D eigenvalue weighted by Crippen LogP contribution is -2.30. The van der Waals surface area contributed by atoms with Crippen molar-refractivity contribution in [2.75, 3.05) is 24.9 Å². The summed E-state index contributed by atoms with van der Waals surface area (Å²) in [5, 5.41) is 23.5. The Morgan fingerprint density at radius 1 is 1.04 bits per heavy atom. The van der Waals surface area contributed by atoms with E-state index in [0.29, 0.717) is 22.9 Å². The molecule has 7 nitrogen and oxygen atoms in total. The summed E-state index contributed by atoms with van der Waals surface area (Å²) in [6.45, 7) is 0. The maximum absolute atomic E-state index is 12.1. The first-order valence-corrected chi connectivity index (χ1v) is 6.79. The van der Waals surface area contributed by atoms with Gasteiger partial charge in [-0.05, 0) is 29.7 Å². The summed E-state index contributed by atoms with van der Waals surface area (Å²) < 4.78 is 10.3. The molecule has 120 valence electrons. The lowest BCUT2D eigenvalue weighted by molar-refractivity contribution is 0.262. The van der Waals surface area contributed by atoms with Crippen molar-refractivity contribution in [3.8, 4) is 11.5 Å². The predicted octanol–water partition coefficient (Wildman–Crippen LogP) is 1.03. The highest BCUT2D eigenvalue weighted by Gasteiger charge is 2.13. The lowest BCUT2D eigenvalue weighted by Gasteiger charge is -2.13. The molecule has 2 aromatic rings. The first-order valence-electron chi connectivity index (χ1n) is 6.79. The van der Waals surface area contributed by atoms with E-state index in [2.05, 4.69) is 10.6 Å². The van der Waals surface area contributed by atoms with Crippen molar-refractivity contribution in [1.29, 1.82) is 0 Å². The lowest BCUT2D eigenvalue weighted by atomic mass is 9.80. The fourth-order valence-electron chi connectivity index (χ4n) is 1.97. The van der Waals surface area contributed by atoms with Crippen molar-refractivity contribution in [3.05, 3.63) is 42.5 Å². The number of anilines is 2. The van der Waals surface area contributed by atoms with Gasteiger partial charge in [0.05, 0.1) is 19.9 Å². The van der Waals surface area contributed by atoms with Gasteiger partial charge in [0.15, 0.2) is 0 Å². The molecule has 0 spiro atoms. The van der Waals surface area contributed by atoms with Gasteiger partial charge in [-0.3, -0.25) is 0 Å². The standard InChI is InChI=1S/C15H17BN2O5/c1-22-12-6-7-14(23-2)13(9-12)18-15(19)17-11-5-3-4-10(8-11)16(20)21/h3-9,20-21H,1-2H3,(H2,17,18,19). The second kappa shape index (κ2) is 7.53. The zero-order valence-corrected chi connectivity index (χ0v) is 12.7. The second-order valence-electron chi connectivity index (χ2n) is 4.64. The van der Waals surface area contributed by atoms with Crippen molar-refractivity contribution >= 4 is 30.0 Å². The number of urea groups is 1. The number of methoxy groups -OCH3 is 2. The van der Waals surface area contributed by atoms with E-state index in [1.807, 2.05) is 0 Å². The normalized spacial score (nSPS) is 9.91. The fourth-order valence-corrected chi connectivity index (χ4v) is 1.97. The molecule has 0 aromatic heterocycles. The van der Waals surface area contributed by atoms with Crippen molar-refractivity contribution in [3.63, 3.8) is 0 Å². The van der Waals surface area contributed by atoms with Gasteiger partial charge < -0.3 is 30.2 Å². The Bertz CT molecular complexity index is 693. The van der Waals surface area contributed by atoms with E-state index in [4.69, 9.17) is 19.5 Å². The predicted molar refractivity (Wildman–Crippen MR) is 88.5 cm³/mol.